The summed E-state index contributed by atoms with van der Waals surface area (Å²) in [6.07, 6.45) is 3.33. The molecule has 1 amide bonds. The van der Waals surface area contributed by atoms with E-state index < -0.39 is 5.60 Å². The molecule has 2 heterocycles. The number of nitrogens with two attached hydrogens (primary N) is 1. The lowest BCUT2D eigenvalue weighted by Gasteiger charge is -2.34. The molecule has 1 aliphatic heterocycles. The minimum absolute atomic E-state index is 0.115. The molecule has 1 aliphatic rings. The minimum Gasteiger partial charge on any atom is -0.444 e. The molecular weight excluding hydrogens is 358 g/mol. The fourth-order valence-electron chi connectivity index (χ4n) is 3.44. The van der Waals surface area contributed by atoms with Crippen molar-refractivity contribution in [1.82, 2.24) is 15.1 Å². The van der Waals surface area contributed by atoms with E-state index in [0.717, 1.165) is 48.2 Å². The molecule has 3 rings (SSSR count). The number of carbonyl (C=O) groups is 1. The number of alkyl carbamates (subject to hydrolysis) is 1. The van der Waals surface area contributed by atoms with Gasteiger partial charge in [-0.05, 0) is 45.7 Å². The highest BCUT2D eigenvalue weighted by Crippen LogP contribution is 2.30. The molecule has 8 heteroatoms. The van der Waals surface area contributed by atoms with E-state index in [0.29, 0.717) is 13.2 Å². The normalized spacial score (nSPS) is 15.8. The van der Waals surface area contributed by atoms with Crippen LogP contribution in [0.1, 0.15) is 33.6 Å². The predicted octanol–water partition coefficient (Wildman–Crippen LogP) is 2.76. The SMILES string of the molecule is COCCn1cc2cc(N)c(N3CCC(NC(=O)OC(C)(C)C)CC3)cc2n1. The largest absolute Gasteiger partial charge is 0.444 e. The third-order valence-electron chi connectivity index (χ3n) is 4.78. The van der Waals surface area contributed by atoms with Gasteiger partial charge in [-0.15, -0.1) is 0 Å². The molecule has 3 N–H and O–H groups in total. The number of amides is 1. The zero-order valence-corrected chi connectivity index (χ0v) is 17.2. The van der Waals surface area contributed by atoms with Crippen molar-refractivity contribution in [2.75, 3.05) is 37.4 Å². The number of hydrogen-bond acceptors (Lipinski definition) is 6. The van der Waals surface area contributed by atoms with Crippen LogP contribution in [-0.2, 0) is 16.0 Å². The molecule has 0 aliphatic carbocycles. The van der Waals surface area contributed by atoms with E-state index in [9.17, 15) is 4.79 Å². The summed E-state index contributed by atoms with van der Waals surface area (Å²) in [6, 6.07) is 4.14. The average molecular weight is 390 g/mol. The topological polar surface area (TPSA) is 94.6 Å². The first kappa shape index (κ1) is 20.3. The van der Waals surface area contributed by atoms with Gasteiger partial charge in [0.2, 0.25) is 0 Å². The summed E-state index contributed by atoms with van der Waals surface area (Å²) in [4.78, 5) is 14.2. The van der Waals surface area contributed by atoms with Crippen molar-refractivity contribution in [2.24, 2.45) is 0 Å². The number of rotatable bonds is 5. The number of methoxy groups -OCH3 is 1. The summed E-state index contributed by atoms with van der Waals surface area (Å²) in [5, 5.41) is 8.61. The molecule has 1 aromatic carbocycles. The monoisotopic (exact) mass is 389 g/mol. The van der Waals surface area contributed by atoms with Crippen LogP contribution in [0.5, 0.6) is 0 Å². The fourth-order valence-corrected chi connectivity index (χ4v) is 3.44. The van der Waals surface area contributed by atoms with Crippen LogP contribution in [0, 0.1) is 0 Å². The molecule has 154 valence electrons. The van der Waals surface area contributed by atoms with Gasteiger partial charge in [0.05, 0.1) is 30.0 Å². The van der Waals surface area contributed by atoms with Gasteiger partial charge in [-0.3, -0.25) is 4.68 Å². The third kappa shape index (κ3) is 5.07. The van der Waals surface area contributed by atoms with Crippen molar-refractivity contribution >= 4 is 28.4 Å². The Labute approximate surface area is 165 Å². The van der Waals surface area contributed by atoms with Gasteiger partial charge in [0.15, 0.2) is 0 Å². The van der Waals surface area contributed by atoms with E-state index in [4.69, 9.17) is 15.2 Å². The van der Waals surface area contributed by atoms with Crippen molar-refractivity contribution < 1.29 is 14.3 Å². The van der Waals surface area contributed by atoms with Crippen molar-refractivity contribution in [3.63, 3.8) is 0 Å². The first-order chi connectivity index (χ1) is 13.2. The lowest BCUT2D eigenvalue weighted by Crippen LogP contribution is -2.46. The Morgan fingerprint density at radius 1 is 1.32 bits per heavy atom. The number of anilines is 2. The highest BCUT2D eigenvalue weighted by molar-refractivity contribution is 5.89. The van der Waals surface area contributed by atoms with E-state index in [2.05, 4.69) is 21.4 Å². The standard InChI is InChI=1S/C20H31N5O3/c1-20(2,3)28-19(26)22-15-5-7-24(8-6-15)18-12-17-14(11-16(18)21)13-25(23-17)9-10-27-4/h11-13,15H,5-10,21H2,1-4H3,(H,22,26). The molecule has 2 aromatic rings. The number of fused-ring (bicyclic) bond motifs is 1. The maximum Gasteiger partial charge on any atom is 0.407 e. The van der Waals surface area contributed by atoms with Crippen LogP contribution in [0.2, 0.25) is 0 Å². The Morgan fingerprint density at radius 2 is 2.04 bits per heavy atom. The number of piperidine rings is 1. The molecule has 0 saturated carbocycles. The number of carbonyl (C=O) groups excluding carboxylic acids is 1. The van der Waals surface area contributed by atoms with Crippen molar-refractivity contribution in [1.29, 1.82) is 0 Å². The van der Waals surface area contributed by atoms with Crippen LogP contribution in [0.3, 0.4) is 0 Å². The lowest BCUT2D eigenvalue weighted by molar-refractivity contribution is 0.0497. The third-order valence-corrected chi connectivity index (χ3v) is 4.78. The smallest absolute Gasteiger partial charge is 0.407 e. The van der Waals surface area contributed by atoms with Gasteiger partial charge in [-0.1, -0.05) is 0 Å². The summed E-state index contributed by atoms with van der Waals surface area (Å²) in [6.45, 7) is 8.57. The quantitative estimate of drug-likeness (QED) is 0.764. The highest BCUT2D eigenvalue weighted by Gasteiger charge is 2.24. The van der Waals surface area contributed by atoms with Crippen LogP contribution < -0.4 is 16.0 Å². The van der Waals surface area contributed by atoms with Gasteiger partial charge in [0.25, 0.3) is 0 Å². The molecule has 8 nitrogen and oxygen atoms in total. The van der Waals surface area contributed by atoms with Crippen molar-refractivity contribution in [2.45, 2.75) is 51.8 Å². The predicted molar refractivity (Wildman–Crippen MR) is 111 cm³/mol. The van der Waals surface area contributed by atoms with Crippen molar-refractivity contribution in [3.05, 3.63) is 18.3 Å². The summed E-state index contributed by atoms with van der Waals surface area (Å²) < 4.78 is 12.3. The maximum absolute atomic E-state index is 12.0. The lowest BCUT2D eigenvalue weighted by atomic mass is 10.0. The number of nitrogen functional groups attached to an aromatic ring is 1. The molecule has 28 heavy (non-hydrogen) atoms. The average Bonchev–Trinajstić information content (AvgIpc) is 3.00. The van der Waals surface area contributed by atoms with Crippen LogP contribution in [0.15, 0.2) is 18.3 Å². The van der Waals surface area contributed by atoms with E-state index >= 15 is 0 Å². The minimum atomic E-state index is -0.485. The van der Waals surface area contributed by atoms with Crippen LogP contribution in [-0.4, -0.2) is 54.3 Å². The first-order valence-electron chi connectivity index (χ1n) is 9.75. The molecule has 0 unspecified atom stereocenters. The summed E-state index contributed by atoms with van der Waals surface area (Å²) in [7, 11) is 1.68. The zero-order chi connectivity index (χ0) is 20.3. The van der Waals surface area contributed by atoms with E-state index in [1.807, 2.05) is 37.7 Å². The molecule has 0 spiro atoms. The van der Waals surface area contributed by atoms with E-state index in [1.54, 1.807) is 7.11 Å². The number of nitrogens with one attached hydrogen (secondary N) is 1. The van der Waals surface area contributed by atoms with E-state index in [1.165, 1.54) is 0 Å². The molecule has 1 aromatic heterocycles. The molecule has 0 bridgehead atoms. The second kappa shape index (κ2) is 8.26. The molecular formula is C20H31N5O3. The summed E-state index contributed by atoms with van der Waals surface area (Å²) >= 11 is 0. The van der Waals surface area contributed by atoms with Crippen LogP contribution in [0.4, 0.5) is 16.2 Å². The molecule has 1 saturated heterocycles. The number of aromatic nitrogens is 2. The van der Waals surface area contributed by atoms with Gasteiger partial charge in [-0.25, -0.2) is 4.79 Å². The second-order valence-electron chi connectivity index (χ2n) is 8.26. The second-order valence-corrected chi connectivity index (χ2v) is 8.26. The number of nitrogens with zero attached hydrogens (tertiary/aromatic N) is 3. The highest BCUT2D eigenvalue weighted by atomic mass is 16.6. The van der Waals surface area contributed by atoms with Gasteiger partial charge >= 0.3 is 6.09 Å². The Balaban J connectivity index is 1.62. The van der Waals surface area contributed by atoms with Gasteiger partial charge in [-0.2, -0.15) is 5.10 Å². The van der Waals surface area contributed by atoms with Gasteiger partial charge < -0.3 is 25.4 Å². The number of benzene rings is 1. The summed E-state index contributed by atoms with van der Waals surface area (Å²) in [5.41, 5.74) is 8.51. The number of ether oxygens (including phenoxy) is 2. The Hall–Kier alpha value is -2.48. The Kier molecular flexibility index (Phi) is 5.98. The van der Waals surface area contributed by atoms with Crippen LogP contribution in [0.25, 0.3) is 10.9 Å². The first-order valence-corrected chi connectivity index (χ1v) is 9.75. The van der Waals surface area contributed by atoms with Crippen molar-refractivity contribution in [3.8, 4) is 0 Å². The van der Waals surface area contributed by atoms with Gasteiger partial charge in [0, 0.05) is 37.8 Å². The molecule has 0 radical (unpaired) electrons. The summed E-state index contributed by atoms with van der Waals surface area (Å²) in [5.74, 6) is 0. The number of hydrogen-bond donors (Lipinski definition) is 2. The fraction of sp³-hybridized carbons (Fsp3) is 0.600. The Bertz CT molecular complexity index is 819. The zero-order valence-electron chi connectivity index (χ0n) is 17.2. The molecule has 1 fully saturated rings. The maximum atomic E-state index is 12.0. The van der Waals surface area contributed by atoms with Crippen LogP contribution >= 0.6 is 0 Å². The van der Waals surface area contributed by atoms with Gasteiger partial charge in [0.1, 0.15) is 5.60 Å². The molecule has 0 atom stereocenters. The Morgan fingerprint density at radius 3 is 2.68 bits per heavy atom. The van der Waals surface area contributed by atoms with E-state index in [-0.39, 0.29) is 12.1 Å².